The van der Waals surface area contributed by atoms with Crippen molar-refractivity contribution in [3.8, 4) is 17.6 Å². The number of ether oxygens (including phenoxy) is 1. The van der Waals surface area contributed by atoms with E-state index in [0.29, 0.717) is 38.0 Å². The number of rotatable bonds is 6. The van der Waals surface area contributed by atoms with Crippen LogP contribution in [0.15, 0.2) is 64.5 Å². The zero-order valence-electron chi connectivity index (χ0n) is 23.2. The number of aliphatic hydroxyl groups is 1. The highest BCUT2D eigenvalue weighted by Gasteiger charge is 2.74. The first kappa shape index (κ1) is 27.7. The number of nitrogens with zero attached hydrogens (tertiary/aromatic N) is 3. The fourth-order valence-electron chi connectivity index (χ4n) is 8.22. The molecule has 2 aliphatic heterocycles. The molecule has 1 saturated carbocycles. The van der Waals surface area contributed by atoms with Gasteiger partial charge >= 0.3 is 0 Å². The fraction of sp³-hybridized carbons (Fsp3) is 0.394. The Morgan fingerprint density at radius 2 is 2.12 bits per heavy atom. The number of aromatic hydroxyl groups is 1. The predicted octanol–water partition coefficient (Wildman–Crippen LogP) is 5.05. The van der Waals surface area contributed by atoms with Gasteiger partial charge in [-0.3, -0.25) is 9.69 Å². The summed E-state index contributed by atoms with van der Waals surface area (Å²) in [7, 11) is 1.78. The molecular formula is C33H32BrN3O4S. The topological polar surface area (TPSA) is 97.0 Å². The highest BCUT2D eigenvalue weighted by Crippen LogP contribution is 2.66. The lowest BCUT2D eigenvalue weighted by Gasteiger charge is -2.65. The predicted molar refractivity (Wildman–Crippen MR) is 164 cm³/mol. The lowest BCUT2D eigenvalue weighted by Crippen LogP contribution is -2.79. The average Bonchev–Trinajstić information content (AvgIpc) is 3.57. The van der Waals surface area contributed by atoms with Crippen LogP contribution in [0, 0.1) is 11.3 Å². The van der Waals surface area contributed by atoms with Gasteiger partial charge in [0.1, 0.15) is 6.10 Å². The maximum atomic E-state index is 13.5. The van der Waals surface area contributed by atoms with Crippen LogP contribution in [-0.2, 0) is 23.1 Å². The van der Waals surface area contributed by atoms with Gasteiger partial charge < -0.3 is 19.8 Å². The van der Waals surface area contributed by atoms with Gasteiger partial charge in [-0.15, -0.1) is 11.3 Å². The Labute approximate surface area is 257 Å². The number of carbonyl (C=O) groups is 1. The molecule has 3 aromatic rings. The van der Waals surface area contributed by atoms with Crippen LogP contribution in [0.1, 0.15) is 40.8 Å². The second-order valence-electron chi connectivity index (χ2n) is 12.0. The van der Waals surface area contributed by atoms with Gasteiger partial charge in [0.15, 0.2) is 11.5 Å². The Balaban J connectivity index is 1.27. The van der Waals surface area contributed by atoms with Crippen molar-refractivity contribution < 1.29 is 19.7 Å². The van der Waals surface area contributed by atoms with Crippen LogP contribution >= 0.6 is 27.3 Å². The number of likely N-dealkylation sites (N-methyl/N-ethyl adjacent to an activating group) is 1. The van der Waals surface area contributed by atoms with Gasteiger partial charge in [-0.2, -0.15) is 5.26 Å². The van der Waals surface area contributed by atoms with Gasteiger partial charge in [0.25, 0.3) is 0 Å². The standard InChI is InChI=1S/C33H32BrN3O4S/c1-36(28(39)10-8-24-16-22(34)19-42-24)25-11-13-33(40)27-15-21-7-9-26(38)30-29(21)32(33,31(25)41-30)17-23(18-35)37(27)14-12-20-5-3-2-4-6-20/h2-10,16,19,23,25,27,31,38,40H,11-15,17H2,1H3/b10-8+/t23?,25-,27-,31+,32+,33-/m1/s1. The van der Waals surface area contributed by atoms with E-state index in [1.54, 1.807) is 35.4 Å². The van der Waals surface area contributed by atoms with Crippen LogP contribution in [-0.4, -0.2) is 69.3 Å². The van der Waals surface area contributed by atoms with Crippen LogP contribution in [0.5, 0.6) is 11.5 Å². The zero-order valence-corrected chi connectivity index (χ0v) is 25.6. The quantitative estimate of drug-likeness (QED) is 0.365. The Bertz CT molecular complexity index is 1620. The second-order valence-corrected chi connectivity index (χ2v) is 13.8. The first-order chi connectivity index (χ1) is 20.3. The van der Waals surface area contributed by atoms with Crippen molar-refractivity contribution in [2.24, 2.45) is 0 Å². The molecule has 42 heavy (non-hydrogen) atoms. The van der Waals surface area contributed by atoms with Crippen LogP contribution in [0.25, 0.3) is 6.08 Å². The Kier molecular flexibility index (Phi) is 6.74. The number of phenolic OH excluding ortho intramolecular Hbond substituents is 1. The highest BCUT2D eigenvalue weighted by atomic mass is 79.9. The lowest BCUT2D eigenvalue weighted by molar-refractivity contribution is -0.206. The lowest BCUT2D eigenvalue weighted by atomic mass is 9.47. The molecule has 1 unspecified atom stereocenters. The number of halogens is 1. The molecular weight excluding hydrogens is 614 g/mol. The summed E-state index contributed by atoms with van der Waals surface area (Å²) in [5.41, 5.74) is 0.979. The van der Waals surface area contributed by atoms with E-state index in [4.69, 9.17) is 4.74 Å². The van der Waals surface area contributed by atoms with Crippen LogP contribution in [0.3, 0.4) is 0 Å². The van der Waals surface area contributed by atoms with E-state index in [9.17, 15) is 20.3 Å². The summed E-state index contributed by atoms with van der Waals surface area (Å²) in [5, 5.41) is 36.3. The maximum absolute atomic E-state index is 13.5. The van der Waals surface area contributed by atoms with Crippen LogP contribution in [0.2, 0.25) is 0 Å². The van der Waals surface area contributed by atoms with E-state index in [1.807, 2.05) is 41.8 Å². The van der Waals surface area contributed by atoms with Gasteiger partial charge in [-0.05, 0) is 77.4 Å². The van der Waals surface area contributed by atoms with Crippen molar-refractivity contribution in [3.05, 3.63) is 86.0 Å². The molecule has 2 N–H and O–H groups in total. The Morgan fingerprint density at radius 1 is 1.31 bits per heavy atom. The smallest absolute Gasteiger partial charge is 0.246 e. The highest BCUT2D eigenvalue weighted by molar-refractivity contribution is 9.10. The number of amides is 1. The number of piperidine rings is 1. The average molecular weight is 647 g/mol. The number of benzene rings is 2. The van der Waals surface area contributed by atoms with Crippen molar-refractivity contribution in [3.63, 3.8) is 0 Å². The molecule has 7 nitrogen and oxygen atoms in total. The maximum Gasteiger partial charge on any atom is 0.246 e. The summed E-state index contributed by atoms with van der Waals surface area (Å²) in [6.45, 7) is 0.655. The Hall–Kier alpha value is -3.16. The van der Waals surface area contributed by atoms with E-state index in [-0.39, 0.29) is 23.7 Å². The van der Waals surface area contributed by atoms with Gasteiger partial charge in [-0.1, -0.05) is 36.4 Å². The van der Waals surface area contributed by atoms with Gasteiger partial charge in [-0.25, -0.2) is 0 Å². The van der Waals surface area contributed by atoms with E-state index in [1.165, 1.54) is 5.56 Å². The zero-order chi connectivity index (χ0) is 29.2. The summed E-state index contributed by atoms with van der Waals surface area (Å²) in [6.07, 6.45) is 5.54. The third-order valence-electron chi connectivity index (χ3n) is 10.1. The van der Waals surface area contributed by atoms with Crippen molar-refractivity contribution in [2.45, 2.75) is 67.3 Å². The number of hydrogen-bond acceptors (Lipinski definition) is 7. The molecule has 9 heteroatoms. The van der Waals surface area contributed by atoms with Gasteiger partial charge in [0, 0.05) is 46.0 Å². The minimum Gasteiger partial charge on any atom is -0.504 e. The molecule has 1 amide bonds. The van der Waals surface area contributed by atoms with E-state index < -0.39 is 23.2 Å². The van der Waals surface area contributed by atoms with Crippen LogP contribution in [0.4, 0.5) is 0 Å². The number of hydrogen-bond donors (Lipinski definition) is 2. The number of thiophene rings is 1. The van der Waals surface area contributed by atoms with Crippen molar-refractivity contribution in [1.82, 2.24) is 9.80 Å². The normalized spacial score (nSPS) is 30.9. The van der Waals surface area contributed by atoms with E-state index >= 15 is 0 Å². The summed E-state index contributed by atoms with van der Waals surface area (Å²) in [6, 6.07) is 17.3. The molecule has 0 radical (unpaired) electrons. The third kappa shape index (κ3) is 3.99. The summed E-state index contributed by atoms with van der Waals surface area (Å²) >= 11 is 5.01. The fourth-order valence-corrected chi connectivity index (χ4v) is 9.56. The SMILES string of the molecule is CN(C(=O)/C=C/c1cc(Br)cs1)[C@@H]1CC[C@@]2(O)[C@H]3Cc4ccc(O)c5c4[C@@]2(CC(C#N)N3CCc2ccccc2)[C@H]1O5. The summed E-state index contributed by atoms with van der Waals surface area (Å²) in [4.78, 5) is 18.4. The van der Waals surface area contributed by atoms with Crippen molar-refractivity contribution >= 4 is 39.2 Å². The molecule has 7 rings (SSSR count). The minimum absolute atomic E-state index is 0.0363. The minimum atomic E-state index is -1.17. The molecule has 6 atom stereocenters. The van der Waals surface area contributed by atoms with Gasteiger partial charge in [0.2, 0.25) is 5.91 Å². The summed E-state index contributed by atoms with van der Waals surface area (Å²) < 4.78 is 7.59. The van der Waals surface area contributed by atoms with Crippen LogP contribution < -0.4 is 4.74 Å². The molecule has 2 bridgehead atoms. The number of phenols is 1. The van der Waals surface area contributed by atoms with Gasteiger partial charge in [0.05, 0.1) is 29.2 Å². The molecule has 216 valence electrons. The van der Waals surface area contributed by atoms with E-state index in [2.05, 4.69) is 39.0 Å². The first-order valence-corrected chi connectivity index (χ1v) is 16.1. The monoisotopic (exact) mass is 645 g/mol. The third-order valence-corrected chi connectivity index (χ3v) is 11.8. The molecule has 2 aliphatic carbocycles. The molecule has 2 fully saturated rings. The second kappa shape index (κ2) is 10.2. The molecule has 1 saturated heterocycles. The molecule has 2 aromatic carbocycles. The summed E-state index contributed by atoms with van der Waals surface area (Å²) in [5.74, 6) is 0.282. The number of likely N-dealkylation sites (tertiary alicyclic amines) is 1. The molecule has 1 spiro atoms. The molecule has 4 aliphatic rings. The van der Waals surface area contributed by atoms with Crippen molar-refractivity contribution in [2.75, 3.05) is 13.6 Å². The number of nitriles is 1. The molecule has 1 aromatic heterocycles. The van der Waals surface area contributed by atoms with Crippen molar-refractivity contribution in [1.29, 1.82) is 5.26 Å². The van der Waals surface area contributed by atoms with E-state index in [0.717, 1.165) is 26.9 Å². The Morgan fingerprint density at radius 3 is 2.86 bits per heavy atom. The first-order valence-electron chi connectivity index (χ1n) is 14.4. The number of carbonyl (C=O) groups excluding carboxylic acids is 1. The molecule has 3 heterocycles. The largest absolute Gasteiger partial charge is 0.504 e.